The van der Waals surface area contributed by atoms with Gasteiger partial charge >= 0.3 is 12.1 Å². The zero-order chi connectivity index (χ0) is 21.6. The summed E-state index contributed by atoms with van der Waals surface area (Å²) in [6.07, 6.45) is 2.88. The first-order valence-electron chi connectivity index (χ1n) is 10.1. The molecule has 0 radical (unpaired) electrons. The maximum atomic E-state index is 12.0. The van der Waals surface area contributed by atoms with Gasteiger partial charge in [-0.1, -0.05) is 0 Å². The number of alkyl carbamates (subject to hydrolysis) is 1. The van der Waals surface area contributed by atoms with E-state index in [4.69, 9.17) is 14.2 Å². The average Bonchev–Trinajstić information content (AvgIpc) is 2.96. The van der Waals surface area contributed by atoms with Crippen LogP contribution in [0.4, 0.5) is 4.79 Å². The van der Waals surface area contributed by atoms with E-state index in [0.717, 1.165) is 31.2 Å². The Morgan fingerprint density at radius 1 is 1.14 bits per heavy atom. The summed E-state index contributed by atoms with van der Waals surface area (Å²) >= 11 is 0. The minimum absolute atomic E-state index is 0.0653. The fourth-order valence-electron chi connectivity index (χ4n) is 4.16. The first-order valence-corrected chi connectivity index (χ1v) is 10.1. The highest BCUT2D eigenvalue weighted by Gasteiger charge is 2.47. The molecule has 3 rings (SSSR count). The Morgan fingerprint density at radius 2 is 1.72 bits per heavy atom. The fourth-order valence-corrected chi connectivity index (χ4v) is 4.16. The molecule has 2 aliphatic rings. The zero-order valence-corrected chi connectivity index (χ0v) is 18.0. The van der Waals surface area contributed by atoms with Gasteiger partial charge in [0.15, 0.2) is 11.5 Å². The van der Waals surface area contributed by atoms with Crippen molar-refractivity contribution >= 4 is 12.1 Å². The molecular weight excluding hydrogens is 374 g/mol. The van der Waals surface area contributed by atoms with E-state index in [1.807, 2.05) is 34.6 Å². The van der Waals surface area contributed by atoms with Gasteiger partial charge in [0, 0.05) is 24.4 Å². The lowest BCUT2D eigenvalue weighted by Crippen LogP contribution is -2.48. The summed E-state index contributed by atoms with van der Waals surface area (Å²) in [5, 5.41) is 12.4. The molecule has 1 unspecified atom stereocenters. The second-order valence-corrected chi connectivity index (χ2v) is 9.24. The van der Waals surface area contributed by atoms with Crippen molar-refractivity contribution in [1.29, 1.82) is 0 Å². The number of carboxylic acids is 1. The van der Waals surface area contributed by atoms with Gasteiger partial charge in [0.25, 0.3) is 5.79 Å². The van der Waals surface area contributed by atoms with Gasteiger partial charge in [-0.2, -0.15) is 0 Å². The van der Waals surface area contributed by atoms with Crippen LogP contribution < -0.4 is 14.8 Å². The van der Waals surface area contributed by atoms with E-state index in [1.54, 1.807) is 13.0 Å². The van der Waals surface area contributed by atoms with Crippen molar-refractivity contribution in [2.75, 3.05) is 0 Å². The Labute approximate surface area is 171 Å². The number of fused-ring (bicyclic) bond motifs is 1. The standard InChI is InChI=1S/C22H31NO6/c1-12-11-16(19(24)25)13(2)18-17(12)27-22(6,28-18)14-7-9-15(10-8-14)23-20(26)29-21(3,4)5/h11,14-15H,7-10H2,1-6H3,(H,23,26)(H,24,25)/t14-,15-,22?. The predicted octanol–water partition coefficient (Wildman–Crippen LogP) is 4.57. The summed E-state index contributed by atoms with van der Waals surface area (Å²) in [7, 11) is 0. The number of nitrogens with one attached hydrogen (secondary N) is 1. The van der Waals surface area contributed by atoms with E-state index >= 15 is 0 Å². The number of hydrogen-bond donors (Lipinski definition) is 2. The molecule has 0 saturated heterocycles. The molecule has 1 aliphatic carbocycles. The Balaban J connectivity index is 1.66. The molecule has 1 atom stereocenters. The number of aromatic carboxylic acids is 1. The Hall–Kier alpha value is -2.44. The molecule has 0 spiro atoms. The summed E-state index contributed by atoms with van der Waals surface area (Å²) in [5.41, 5.74) is 1.06. The average molecular weight is 405 g/mol. The minimum atomic E-state index is -0.973. The predicted molar refractivity (Wildman–Crippen MR) is 108 cm³/mol. The molecule has 1 heterocycles. The van der Waals surface area contributed by atoms with Crippen LogP contribution in [0.5, 0.6) is 11.5 Å². The third-order valence-electron chi connectivity index (χ3n) is 5.70. The van der Waals surface area contributed by atoms with Crippen LogP contribution in [0.2, 0.25) is 0 Å². The molecule has 1 aromatic carbocycles. The quantitative estimate of drug-likeness (QED) is 0.765. The van der Waals surface area contributed by atoms with Crippen LogP contribution in [0.3, 0.4) is 0 Å². The minimum Gasteiger partial charge on any atom is -0.478 e. The SMILES string of the molecule is Cc1cc(C(=O)O)c(C)c2c1OC(C)([C@H]1CC[C@H](NC(=O)OC(C)(C)C)CC1)O2. The molecule has 1 amide bonds. The highest BCUT2D eigenvalue weighted by molar-refractivity contribution is 5.91. The van der Waals surface area contributed by atoms with Crippen LogP contribution in [0.25, 0.3) is 0 Å². The molecule has 0 bridgehead atoms. The number of benzene rings is 1. The van der Waals surface area contributed by atoms with Gasteiger partial charge in [0.1, 0.15) is 5.60 Å². The van der Waals surface area contributed by atoms with Crippen LogP contribution in [0.1, 0.15) is 74.9 Å². The highest BCUT2D eigenvalue weighted by Crippen LogP contribution is 2.49. The number of amides is 1. The van der Waals surface area contributed by atoms with Crippen molar-refractivity contribution in [2.24, 2.45) is 5.92 Å². The number of carbonyl (C=O) groups is 2. The molecule has 0 aromatic heterocycles. The number of rotatable bonds is 3. The summed E-state index contributed by atoms with van der Waals surface area (Å²) < 4.78 is 17.8. The van der Waals surface area contributed by atoms with E-state index in [2.05, 4.69) is 5.32 Å². The topological polar surface area (TPSA) is 94.1 Å². The van der Waals surface area contributed by atoms with Crippen molar-refractivity contribution in [3.63, 3.8) is 0 Å². The number of ether oxygens (including phenoxy) is 3. The van der Waals surface area contributed by atoms with Crippen molar-refractivity contribution in [3.8, 4) is 11.5 Å². The molecule has 7 nitrogen and oxygen atoms in total. The van der Waals surface area contributed by atoms with Gasteiger partial charge in [0.05, 0.1) is 5.56 Å². The molecule has 7 heteroatoms. The molecule has 1 fully saturated rings. The van der Waals surface area contributed by atoms with Gasteiger partial charge in [-0.15, -0.1) is 0 Å². The largest absolute Gasteiger partial charge is 0.478 e. The van der Waals surface area contributed by atoms with Crippen molar-refractivity contribution in [2.45, 2.75) is 84.7 Å². The van der Waals surface area contributed by atoms with E-state index in [1.165, 1.54) is 0 Å². The lowest BCUT2D eigenvalue weighted by molar-refractivity contribution is -0.121. The third kappa shape index (κ3) is 4.43. The number of hydrogen-bond acceptors (Lipinski definition) is 5. The Bertz CT molecular complexity index is 820. The van der Waals surface area contributed by atoms with Gasteiger partial charge in [-0.05, 0) is 71.9 Å². The maximum Gasteiger partial charge on any atom is 0.407 e. The highest BCUT2D eigenvalue weighted by atomic mass is 16.7. The third-order valence-corrected chi connectivity index (χ3v) is 5.70. The normalized spacial score (nSPS) is 26.1. The van der Waals surface area contributed by atoms with Gasteiger partial charge < -0.3 is 24.6 Å². The van der Waals surface area contributed by atoms with E-state index in [-0.39, 0.29) is 23.6 Å². The fraction of sp³-hybridized carbons (Fsp3) is 0.636. The molecule has 1 aromatic rings. The van der Waals surface area contributed by atoms with Gasteiger partial charge in [-0.25, -0.2) is 9.59 Å². The van der Waals surface area contributed by atoms with Crippen LogP contribution in [0.15, 0.2) is 6.07 Å². The van der Waals surface area contributed by atoms with Crippen molar-refractivity contribution in [1.82, 2.24) is 5.32 Å². The van der Waals surface area contributed by atoms with Gasteiger partial charge in [-0.3, -0.25) is 0 Å². The monoisotopic (exact) mass is 405 g/mol. The molecule has 1 saturated carbocycles. The number of carboxylic acid groups (broad SMARTS) is 1. The second-order valence-electron chi connectivity index (χ2n) is 9.24. The molecule has 2 N–H and O–H groups in total. The van der Waals surface area contributed by atoms with E-state index in [9.17, 15) is 14.7 Å². The lowest BCUT2D eigenvalue weighted by atomic mass is 9.81. The number of aryl methyl sites for hydroxylation is 1. The van der Waals surface area contributed by atoms with Gasteiger partial charge in [0.2, 0.25) is 0 Å². The first kappa shape index (κ1) is 21.3. The zero-order valence-electron chi connectivity index (χ0n) is 18.0. The maximum absolute atomic E-state index is 12.0. The molecular formula is C22H31NO6. The van der Waals surface area contributed by atoms with Crippen LogP contribution in [-0.4, -0.2) is 34.6 Å². The molecule has 29 heavy (non-hydrogen) atoms. The van der Waals surface area contributed by atoms with Crippen LogP contribution >= 0.6 is 0 Å². The van der Waals surface area contributed by atoms with E-state index in [0.29, 0.717) is 17.1 Å². The van der Waals surface area contributed by atoms with E-state index < -0.39 is 17.4 Å². The second kappa shape index (κ2) is 7.43. The lowest BCUT2D eigenvalue weighted by Gasteiger charge is -2.37. The molecule has 1 aliphatic heterocycles. The summed E-state index contributed by atoms with van der Waals surface area (Å²) in [4.78, 5) is 23.5. The first-order chi connectivity index (χ1) is 13.4. The molecule has 160 valence electrons. The summed E-state index contributed by atoms with van der Waals surface area (Å²) in [6.45, 7) is 11.0. The van der Waals surface area contributed by atoms with Crippen LogP contribution in [-0.2, 0) is 4.74 Å². The summed E-state index contributed by atoms with van der Waals surface area (Å²) in [6, 6.07) is 1.70. The van der Waals surface area contributed by atoms with Crippen molar-refractivity contribution < 1.29 is 28.9 Å². The Kier molecular flexibility index (Phi) is 5.45. The summed E-state index contributed by atoms with van der Waals surface area (Å²) in [5.74, 6) is -0.521. The van der Waals surface area contributed by atoms with Crippen molar-refractivity contribution in [3.05, 3.63) is 22.8 Å². The smallest absolute Gasteiger partial charge is 0.407 e. The van der Waals surface area contributed by atoms with Crippen LogP contribution in [0, 0.1) is 19.8 Å². The Morgan fingerprint density at radius 3 is 2.28 bits per heavy atom. The number of carbonyl (C=O) groups excluding carboxylic acids is 1.